The molecule has 1 saturated carbocycles. The third-order valence-electron chi connectivity index (χ3n) is 7.15. The van der Waals surface area contributed by atoms with Crippen molar-refractivity contribution in [3.05, 3.63) is 84.7 Å². The molecule has 1 fully saturated rings. The highest BCUT2D eigenvalue weighted by molar-refractivity contribution is 7.10. The number of amides is 1. The minimum atomic E-state index is -4.61. The van der Waals surface area contributed by atoms with Crippen LogP contribution in [-0.2, 0) is 29.4 Å². The number of hydrogen-bond donors (Lipinski definition) is 3. The van der Waals surface area contributed by atoms with Crippen molar-refractivity contribution in [2.24, 2.45) is 0 Å². The van der Waals surface area contributed by atoms with Crippen LogP contribution in [0.3, 0.4) is 0 Å². The number of halogens is 3. The number of aliphatic hydroxyl groups is 2. The van der Waals surface area contributed by atoms with E-state index in [1.165, 1.54) is 22.3 Å². The van der Waals surface area contributed by atoms with Crippen molar-refractivity contribution in [3.8, 4) is 11.8 Å². The molecule has 0 unspecified atom stereocenters. The molecule has 2 aromatic heterocycles. The van der Waals surface area contributed by atoms with Crippen molar-refractivity contribution in [2.45, 2.75) is 69.4 Å². The van der Waals surface area contributed by atoms with Gasteiger partial charge in [-0.05, 0) is 63.3 Å². The van der Waals surface area contributed by atoms with Crippen LogP contribution in [-0.4, -0.2) is 43.1 Å². The van der Waals surface area contributed by atoms with E-state index in [2.05, 4.69) is 16.8 Å². The highest BCUT2D eigenvalue weighted by Crippen LogP contribution is 2.54. The number of aliphatic hydroxyl groups excluding tert-OH is 1. The van der Waals surface area contributed by atoms with Gasteiger partial charge in [0.05, 0.1) is 28.8 Å². The van der Waals surface area contributed by atoms with Crippen LogP contribution in [0.15, 0.2) is 40.5 Å². The Bertz CT molecular complexity index is 1570. The summed E-state index contributed by atoms with van der Waals surface area (Å²) < 4.78 is 39.4. The van der Waals surface area contributed by atoms with Crippen molar-refractivity contribution in [1.29, 1.82) is 0 Å². The molecule has 3 N–H and O–H groups in total. The van der Waals surface area contributed by atoms with E-state index in [-0.39, 0.29) is 24.2 Å². The lowest BCUT2D eigenvalue weighted by atomic mass is 10.0. The van der Waals surface area contributed by atoms with Gasteiger partial charge < -0.3 is 20.1 Å². The third-order valence-corrected chi connectivity index (χ3v) is 8.29. The molecule has 11 heteroatoms. The van der Waals surface area contributed by atoms with Crippen molar-refractivity contribution < 1.29 is 28.2 Å². The number of thiophene rings is 1. The zero-order chi connectivity index (χ0) is 28.9. The molecular formula is C29H28F3N3O4S. The van der Waals surface area contributed by atoms with Gasteiger partial charge in [0.2, 0.25) is 0 Å². The zero-order valence-corrected chi connectivity index (χ0v) is 22.7. The molecule has 5 rings (SSSR count). The predicted molar refractivity (Wildman–Crippen MR) is 143 cm³/mol. The fourth-order valence-corrected chi connectivity index (χ4v) is 5.94. The van der Waals surface area contributed by atoms with Crippen LogP contribution >= 0.6 is 11.3 Å². The molecule has 1 aliphatic heterocycles. The van der Waals surface area contributed by atoms with E-state index in [9.17, 15) is 33.0 Å². The number of nitrogens with zero attached hydrogens (tertiary/aromatic N) is 2. The lowest BCUT2D eigenvalue weighted by Crippen LogP contribution is -2.36. The Morgan fingerprint density at radius 2 is 2.00 bits per heavy atom. The number of rotatable bonds is 4. The number of aromatic amines is 1. The molecule has 1 aromatic carbocycles. The van der Waals surface area contributed by atoms with Gasteiger partial charge in [0, 0.05) is 22.4 Å². The molecule has 3 aromatic rings. The number of carbonyl (C=O) groups excluding carboxylic acids is 1. The first kappa shape index (κ1) is 28.1. The summed E-state index contributed by atoms with van der Waals surface area (Å²) in [4.78, 5) is 36.4. The smallest absolute Gasteiger partial charge is 0.378 e. The maximum Gasteiger partial charge on any atom is 0.416 e. The molecule has 0 radical (unpaired) electrons. The molecule has 0 bridgehead atoms. The predicted octanol–water partition coefficient (Wildman–Crippen LogP) is 4.06. The van der Waals surface area contributed by atoms with Crippen molar-refractivity contribution in [2.75, 3.05) is 6.54 Å². The molecule has 1 amide bonds. The van der Waals surface area contributed by atoms with Crippen molar-refractivity contribution >= 4 is 17.2 Å². The van der Waals surface area contributed by atoms with Gasteiger partial charge in [0.1, 0.15) is 11.4 Å². The quantitative estimate of drug-likeness (QED) is 0.410. The molecule has 1 aliphatic carbocycles. The Labute approximate surface area is 232 Å². The number of nitrogens with one attached hydrogen (secondary N) is 1. The Hall–Kier alpha value is -3.46. The number of aryl methyl sites for hydroxylation is 1. The highest BCUT2D eigenvalue weighted by atomic mass is 32.1. The van der Waals surface area contributed by atoms with Crippen molar-refractivity contribution in [1.82, 2.24) is 14.9 Å². The van der Waals surface area contributed by atoms with Crippen LogP contribution in [0, 0.1) is 11.8 Å². The summed E-state index contributed by atoms with van der Waals surface area (Å²) in [6.07, 6.45) is -3.87. The number of hydrogen-bond acceptors (Lipinski definition) is 6. The SMILES string of the molecule is CC(C)(O)C#Cc1csc(C2(c3nc4c(c(=O)[nH]3)CN(C(=O)[C@H](O)c3cccc(C(F)(F)F)c3)CCC4)CC2)c1. The van der Waals surface area contributed by atoms with Gasteiger partial charge in [-0.1, -0.05) is 24.0 Å². The molecule has 0 spiro atoms. The Morgan fingerprint density at radius 1 is 1.25 bits per heavy atom. The largest absolute Gasteiger partial charge is 0.416 e. The fraction of sp³-hybridized carbons (Fsp3) is 0.414. The molecule has 7 nitrogen and oxygen atoms in total. The normalized spacial score (nSPS) is 17.3. The summed E-state index contributed by atoms with van der Waals surface area (Å²) >= 11 is 1.52. The lowest BCUT2D eigenvalue weighted by molar-refractivity contribution is -0.142. The summed E-state index contributed by atoms with van der Waals surface area (Å²) in [5, 5.41) is 22.4. The minimum absolute atomic E-state index is 0.102. The van der Waals surface area contributed by atoms with E-state index < -0.39 is 34.8 Å². The molecule has 3 heterocycles. The maximum atomic E-state index is 13.3. The number of aromatic nitrogens is 2. The molecular weight excluding hydrogens is 543 g/mol. The van der Waals surface area contributed by atoms with Crippen LogP contribution in [0.5, 0.6) is 0 Å². The first-order valence-electron chi connectivity index (χ1n) is 12.9. The molecule has 0 saturated heterocycles. The molecule has 210 valence electrons. The van der Waals surface area contributed by atoms with E-state index in [1.54, 1.807) is 13.8 Å². The second-order valence-corrected chi connectivity index (χ2v) is 11.7. The summed E-state index contributed by atoms with van der Waals surface area (Å²) in [7, 11) is 0. The van der Waals surface area contributed by atoms with E-state index in [0.717, 1.165) is 41.5 Å². The first-order chi connectivity index (χ1) is 18.8. The topological polar surface area (TPSA) is 107 Å². The van der Waals surface area contributed by atoms with E-state index in [0.29, 0.717) is 29.9 Å². The van der Waals surface area contributed by atoms with Crippen LogP contribution in [0.25, 0.3) is 0 Å². The van der Waals surface area contributed by atoms with Gasteiger partial charge in [0.25, 0.3) is 11.5 Å². The van der Waals surface area contributed by atoms with Crippen LogP contribution < -0.4 is 5.56 Å². The molecule has 1 atom stereocenters. The van der Waals surface area contributed by atoms with Gasteiger partial charge in [-0.3, -0.25) is 9.59 Å². The number of alkyl halides is 3. The van der Waals surface area contributed by atoms with Gasteiger partial charge in [-0.15, -0.1) is 11.3 Å². The van der Waals surface area contributed by atoms with Gasteiger partial charge in [0.15, 0.2) is 6.10 Å². The molecule has 2 aliphatic rings. The highest BCUT2D eigenvalue weighted by Gasteiger charge is 2.50. The van der Waals surface area contributed by atoms with E-state index in [4.69, 9.17) is 4.98 Å². The lowest BCUT2D eigenvalue weighted by Gasteiger charge is -2.24. The minimum Gasteiger partial charge on any atom is -0.378 e. The zero-order valence-electron chi connectivity index (χ0n) is 21.9. The summed E-state index contributed by atoms with van der Waals surface area (Å²) in [6.45, 7) is 3.34. The number of fused-ring (bicyclic) bond motifs is 1. The average molecular weight is 572 g/mol. The average Bonchev–Trinajstić information content (AvgIpc) is 3.61. The second kappa shape index (κ2) is 10.2. The summed E-state index contributed by atoms with van der Waals surface area (Å²) in [5.74, 6) is 5.57. The number of carbonyl (C=O) groups is 1. The summed E-state index contributed by atoms with van der Waals surface area (Å²) in [5.41, 5.74) is -1.36. The first-order valence-corrected chi connectivity index (χ1v) is 13.8. The summed E-state index contributed by atoms with van der Waals surface area (Å²) in [6, 6.07) is 6.00. The van der Waals surface area contributed by atoms with Gasteiger partial charge in [-0.2, -0.15) is 13.2 Å². The van der Waals surface area contributed by atoms with E-state index >= 15 is 0 Å². The second-order valence-electron chi connectivity index (χ2n) is 10.8. The Morgan fingerprint density at radius 3 is 2.67 bits per heavy atom. The third kappa shape index (κ3) is 5.70. The van der Waals surface area contributed by atoms with Crippen LogP contribution in [0.1, 0.15) is 77.9 Å². The van der Waals surface area contributed by atoms with E-state index in [1.807, 2.05) is 11.4 Å². The van der Waals surface area contributed by atoms with Crippen molar-refractivity contribution in [3.63, 3.8) is 0 Å². The Balaban J connectivity index is 1.38. The van der Waals surface area contributed by atoms with Crippen LogP contribution in [0.4, 0.5) is 13.2 Å². The maximum absolute atomic E-state index is 13.3. The number of benzene rings is 1. The monoisotopic (exact) mass is 571 g/mol. The standard InChI is InChI=1S/C29H28F3N3O4S/c1-27(2,39)9-8-17-13-22(40-16-17)28(10-11-28)26-33-21-7-4-12-35(15-20(21)24(37)34-26)25(38)23(36)18-5-3-6-19(14-18)29(30,31)32/h3,5-6,13-14,16,23,36,39H,4,7,10-12,15H2,1-2H3,(H,33,34,37)/t23-/m1/s1. The fourth-order valence-electron chi connectivity index (χ4n) is 4.84. The number of H-pyrrole nitrogens is 1. The Kier molecular flexibility index (Phi) is 7.15. The van der Waals surface area contributed by atoms with Gasteiger partial charge >= 0.3 is 6.18 Å². The van der Waals surface area contributed by atoms with Gasteiger partial charge in [-0.25, -0.2) is 4.98 Å². The molecule has 40 heavy (non-hydrogen) atoms. The van der Waals surface area contributed by atoms with Crippen LogP contribution in [0.2, 0.25) is 0 Å².